The van der Waals surface area contributed by atoms with E-state index in [9.17, 15) is 0 Å². The van der Waals surface area contributed by atoms with E-state index in [0.29, 0.717) is 22.5 Å². The van der Waals surface area contributed by atoms with Gasteiger partial charge in [0.05, 0.1) is 0 Å². The van der Waals surface area contributed by atoms with E-state index in [1.807, 2.05) is 0 Å². The third-order valence-corrected chi connectivity index (χ3v) is 12.6. The summed E-state index contributed by atoms with van der Waals surface area (Å²) in [6.45, 7) is 2.59. The molecule has 0 aromatic heterocycles. The van der Waals surface area contributed by atoms with E-state index in [4.69, 9.17) is 0 Å². The van der Waals surface area contributed by atoms with Gasteiger partial charge in [0, 0.05) is 27.1 Å². The minimum Gasteiger partial charge on any atom is -0.149 e. The highest BCUT2D eigenvalue weighted by Crippen LogP contribution is 2.71. The molecule has 0 bridgehead atoms. The van der Waals surface area contributed by atoms with Gasteiger partial charge in [-0.25, -0.2) is 0 Å². The number of fused-ring (bicyclic) bond motifs is 7. The van der Waals surface area contributed by atoms with E-state index in [1.165, 1.54) is 49.7 Å². The quantitative estimate of drug-likeness (QED) is 0.394. The van der Waals surface area contributed by atoms with Crippen LogP contribution in [0.25, 0.3) is 0 Å². The first kappa shape index (κ1) is 22.3. The molecule has 0 spiro atoms. The summed E-state index contributed by atoms with van der Waals surface area (Å²) in [4.78, 5) is 1.72. The number of allylic oxidation sites excluding steroid dienone is 7. The van der Waals surface area contributed by atoms with Gasteiger partial charge in [-0.05, 0) is 66.0 Å². The van der Waals surface area contributed by atoms with Crippen LogP contribution in [0.5, 0.6) is 0 Å². The molecule has 2 heterocycles. The molecular weight excluding hydrogens is 460 g/mol. The Balaban J connectivity index is 1.03. The number of aryl methyl sites for hydroxylation is 2. The van der Waals surface area contributed by atoms with Gasteiger partial charge >= 0.3 is 0 Å². The van der Waals surface area contributed by atoms with Crippen molar-refractivity contribution in [3.63, 3.8) is 0 Å². The Kier molecular flexibility index (Phi) is 5.67. The summed E-state index contributed by atoms with van der Waals surface area (Å²) in [7, 11) is 0. The largest absolute Gasteiger partial charge is 0.149 e. The predicted octanol–water partition coefficient (Wildman–Crippen LogP) is 8.57. The van der Waals surface area contributed by atoms with E-state index in [0.717, 1.165) is 10.5 Å². The van der Waals surface area contributed by atoms with Gasteiger partial charge < -0.3 is 0 Å². The summed E-state index contributed by atoms with van der Waals surface area (Å²) in [5.41, 5.74) is 8.38. The second-order valence-electron chi connectivity index (χ2n) is 11.2. The fourth-order valence-electron chi connectivity index (χ4n) is 7.33. The lowest BCUT2D eigenvalue weighted by Crippen LogP contribution is -2.55. The van der Waals surface area contributed by atoms with Gasteiger partial charge in [-0.3, -0.25) is 0 Å². The average molecular weight is 495 g/mol. The molecule has 0 nitrogen and oxygen atoms in total. The number of benzene rings is 2. The Morgan fingerprint density at radius 3 is 2.23 bits per heavy atom. The minimum atomic E-state index is 0.318. The van der Waals surface area contributed by atoms with Crippen LogP contribution in [0.2, 0.25) is 0 Å². The third-order valence-electron chi connectivity index (χ3n) is 9.20. The van der Waals surface area contributed by atoms with Crippen molar-refractivity contribution in [1.82, 2.24) is 0 Å². The average Bonchev–Trinajstić information content (AvgIpc) is 3.50. The fourth-order valence-corrected chi connectivity index (χ4v) is 10.8. The first-order chi connectivity index (χ1) is 17.2. The summed E-state index contributed by atoms with van der Waals surface area (Å²) in [5, 5.41) is 2.19. The molecule has 5 aliphatic rings. The van der Waals surface area contributed by atoms with Gasteiger partial charge in [0.2, 0.25) is 0 Å². The van der Waals surface area contributed by atoms with Crippen molar-refractivity contribution in [1.29, 1.82) is 0 Å². The van der Waals surface area contributed by atoms with E-state index in [2.05, 4.69) is 115 Å². The van der Waals surface area contributed by atoms with Crippen molar-refractivity contribution in [3.05, 3.63) is 118 Å². The summed E-state index contributed by atoms with van der Waals surface area (Å²) in [6, 6.07) is 22.1. The number of hydrogen-bond donors (Lipinski definition) is 0. The zero-order valence-corrected chi connectivity index (χ0v) is 22.2. The molecule has 6 unspecified atom stereocenters. The van der Waals surface area contributed by atoms with Crippen LogP contribution in [0.3, 0.4) is 0 Å². The minimum absolute atomic E-state index is 0.318. The molecule has 2 aromatic rings. The van der Waals surface area contributed by atoms with Crippen LogP contribution in [-0.4, -0.2) is 15.7 Å². The maximum atomic E-state index is 2.61. The van der Waals surface area contributed by atoms with Crippen LogP contribution in [-0.2, 0) is 12.8 Å². The van der Waals surface area contributed by atoms with Crippen molar-refractivity contribution in [2.75, 3.05) is 0 Å². The number of thioether (sulfide) groups is 2. The zero-order valence-electron chi connectivity index (χ0n) is 20.5. The maximum absolute atomic E-state index is 2.61. The molecule has 35 heavy (non-hydrogen) atoms. The third kappa shape index (κ3) is 3.75. The number of hydrogen-bond acceptors (Lipinski definition) is 2. The van der Waals surface area contributed by atoms with Crippen LogP contribution in [0, 0.1) is 17.3 Å². The maximum Gasteiger partial charge on any atom is 0.0360 e. The van der Waals surface area contributed by atoms with E-state index < -0.39 is 0 Å². The Morgan fingerprint density at radius 2 is 1.51 bits per heavy atom. The monoisotopic (exact) mass is 494 g/mol. The molecular formula is C33H34S2. The first-order valence-corrected chi connectivity index (χ1v) is 15.2. The SMILES string of the molecule is CC12C(=CC=C3CC(CCc4ccccc4)SC31)C1C3=C(C=CC12)CC(CCc1ccccc1)S3. The molecule has 6 atom stereocenters. The molecule has 1 saturated heterocycles. The normalized spacial score (nSPS) is 34.4. The lowest BCUT2D eigenvalue weighted by atomic mass is 9.46. The van der Waals surface area contributed by atoms with E-state index >= 15 is 0 Å². The number of rotatable bonds is 6. The second-order valence-corrected chi connectivity index (χ2v) is 14.0. The van der Waals surface area contributed by atoms with Crippen LogP contribution in [0.1, 0.15) is 43.7 Å². The van der Waals surface area contributed by atoms with Gasteiger partial charge in [0.1, 0.15) is 0 Å². The first-order valence-electron chi connectivity index (χ1n) is 13.4. The summed E-state index contributed by atoms with van der Waals surface area (Å²) in [6.07, 6.45) is 17.8. The van der Waals surface area contributed by atoms with E-state index in [1.54, 1.807) is 21.6 Å². The second kappa shape index (κ2) is 8.89. The summed E-state index contributed by atoms with van der Waals surface area (Å²) >= 11 is 4.52. The molecule has 2 aromatic carbocycles. The van der Waals surface area contributed by atoms with Gasteiger partial charge in [-0.15, -0.1) is 23.5 Å². The van der Waals surface area contributed by atoms with Crippen LogP contribution < -0.4 is 0 Å². The van der Waals surface area contributed by atoms with Crippen molar-refractivity contribution in [2.45, 2.75) is 61.2 Å². The van der Waals surface area contributed by atoms with Crippen molar-refractivity contribution < 1.29 is 0 Å². The molecule has 0 amide bonds. The fraction of sp³-hybridized carbons (Fsp3) is 0.394. The van der Waals surface area contributed by atoms with Crippen molar-refractivity contribution >= 4 is 23.5 Å². The zero-order chi connectivity index (χ0) is 23.4. The van der Waals surface area contributed by atoms with Gasteiger partial charge in [0.25, 0.3) is 0 Å². The molecule has 2 heteroatoms. The molecule has 2 fully saturated rings. The van der Waals surface area contributed by atoms with Crippen molar-refractivity contribution in [2.24, 2.45) is 17.3 Å². The Hall–Kier alpha value is -1.90. The molecule has 2 aliphatic heterocycles. The van der Waals surface area contributed by atoms with Gasteiger partial charge in [-0.1, -0.05) is 103 Å². The molecule has 3 aliphatic carbocycles. The molecule has 7 rings (SSSR count). The van der Waals surface area contributed by atoms with E-state index in [-0.39, 0.29) is 0 Å². The topological polar surface area (TPSA) is 0 Å². The predicted molar refractivity (Wildman–Crippen MR) is 153 cm³/mol. The smallest absolute Gasteiger partial charge is 0.0360 e. The lowest BCUT2D eigenvalue weighted by Gasteiger charge is -2.60. The Bertz CT molecular complexity index is 1230. The van der Waals surface area contributed by atoms with Crippen molar-refractivity contribution in [3.8, 4) is 0 Å². The van der Waals surface area contributed by atoms with Crippen LogP contribution in [0.4, 0.5) is 0 Å². The summed E-state index contributed by atoms with van der Waals surface area (Å²) < 4.78 is 0. The highest BCUT2D eigenvalue weighted by molar-refractivity contribution is 8.04. The molecule has 0 radical (unpaired) electrons. The highest BCUT2D eigenvalue weighted by Gasteiger charge is 2.63. The highest BCUT2D eigenvalue weighted by atomic mass is 32.2. The molecule has 178 valence electrons. The summed E-state index contributed by atoms with van der Waals surface area (Å²) in [5.74, 6) is 1.34. The van der Waals surface area contributed by atoms with Gasteiger partial charge in [-0.2, -0.15) is 0 Å². The molecule has 0 N–H and O–H groups in total. The lowest BCUT2D eigenvalue weighted by molar-refractivity contribution is 0.135. The van der Waals surface area contributed by atoms with Crippen LogP contribution >= 0.6 is 23.5 Å². The Labute approximate surface area is 219 Å². The Morgan fingerprint density at radius 1 is 0.829 bits per heavy atom. The standard InChI is InChI=1S/C33H34S2/c1-33-28-18-14-24-20-26(16-12-22-8-4-2-5-9-22)34-31(24)30(28)29(33)19-15-25-21-27(35-32(25)33)17-13-23-10-6-3-7-11-23/h2-11,14-15,18-19,26-28,30,32H,12-13,16-17,20-21H2,1H3. The van der Waals surface area contributed by atoms with Crippen LogP contribution in [0.15, 0.2) is 107 Å². The molecule has 1 saturated carbocycles. The van der Waals surface area contributed by atoms with Gasteiger partial charge in [0.15, 0.2) is 0 Å².